The molecular weight excluding hydrogens is 246 g/mol. The van der Waals surface area contributed by atoms with Gasteiger partial charge in [-0.3, -0.25) is 9.68 Å². The number of nitrogens with zero attached hydrogens (tertiary/aromatic N) is 1. The van der Waals surface area contributed by atoms with Crippen molar-refractivity contribution in [3.8, 4) is 0 Å². The van der Waals surface area contributed by atoms with E-state index in [0.717, 1.165) is 6.42 Å². The van der Waals surface area contributed by atoms with Gasteiger partial charge in [-0.25, -0.2) is 0 Å². The summed E-state index contributed by atoms with van der Waals surface area (Å²) >= 11 is 0. The molecule has 1 aromatic carbocycles. The second-order valence-corrected chi connectivity index (χ2v) is 4.11. The second-order valence-electron chi connectivity index (χ2n) is 4.11. The predicted molar refractivity (Wildman–Crippen MR) is 72.2 cm³/mol. The van der Waals surface area contributed by atoms with E-state index < -0.39 is 0 Å². The van der Waals surface area contributed by atoms with Crippen molar-refractivity contribution in [3.05, 3.63) is 35.9 Å². The van der Waals surface area contributed by atoms with Crippen LogP contribution in [0.5, 0.6) is 0 Å². The highest BCUT2D eigenvalue weighted by molar-refractivity contribution is 5.14. The van der Waals surface area contributed by atoms with E-state index in [0.29, 0.717) is 32.6 Å². The first-order valence-corrected chi connectivity index (χ1v) is 6.66. The largest absolute Gasteiger partial charge is 0.396 e. The van der Waals surface area contributed by atoms with Gasteiger partial charge in [0.25, 0.3) is 0 Å². The number of aliphatic hydroxyl groups excluding tert-OH is 2. The Labute approximate surface area is 114 Å². The van der Waals surface area contributed by atoms with Crippen molar-refractivity contribution >= 4 is 0 Å². The van der Waals surface area contributed by atoms with Crippen LogP contribution >= 0.6 is 0 Å². The summed E-state index contributed by atoms with van der Waals surface area (Å²) in [6, 6.07) is 10.1. The molecule has 0 atom stereocenters. The van der Waals surface area contributed by atoms with Crippen molar-refractivity contribution in [1.29, 1.82) is 0 Å². The van der Waals surface area contributed by atoms with E-state index >= 15 is 0 Å². The minimum absolute atomic E-state index is 0.100. The predicted octanol–water partition coefficient (Wildman–Crippen LogP) is 1.16. The van der Waals surface area contributed by atoms with Crippen molar-refractivity contribution in [2.24, 2.45) is 0 Å². The molecule has 0 bridgehead atoms. The van der Waals surface area contributed by atoms with Gasteiger partial charge in [0.2, 0.25) is 0 Å². The molecule has 5 nitrogen and oxygen atoms in total. The van der Waals surface area contributed by atoms with Crippen molar-refractivity contribution in [3.63, 3.8) is 0 Å². The third-order valence-corrected chi connectivity index (χ3v) is 2.50. The van der Waals surface area contributed by atoms with Crippen LogP contribution in [0.2, 0.25) is 0 Å². The molecule has 1 aromatic rings. The Kier molecular flexibility index (Phi) is 9.22. The van der Waals surface area contributed by atoms with Crippen LogP contribution in [0.1, 0.15) is 18.4 Å². The molecule has 19 heavy (non-hydrogen) atoms. The highest BCUT2D eigenvalue weighted by Crippen LogP contribution is 2.03. The van der Waals surface area contributed by atoms with Crippen LogP contribution < -0.4 is 0 Å². The molecule has 0 saturated carbocycles. The van der Waals surface area contributed by atoms with Crippen molar-refractivity contribution in [2.75, 3.05) is 33.0 Å². The second kappa shape index (κ2) is 10.9. The molecule has 0 spiro atoms. The number of hydrogen-bond acceptors (Lipinski definition) is 5. The molecule has 108 valence electrons. The summed E-state index contributed by atoms with van der Waals surface area (Å²) in [6.45, 7) is 1.65. The molecule has 2 N–H and O–H groups in total. The topological polar surface area (TPSA) is 62.2 Å². The number of hydroxylamine groups is 2. The van der Waals surface area contributed by atoms with E-state index in [1.165, 1.54) is 10.8 Å². The number of hydrogen-bond donors (Lipinski definition) is 2. The van der Waals surface area contributed by atoms with Gasteiger partial charge in [0.15, 0.2) is 0 Å². The molecule has 1 rings (SSSR count). The third kappa shape index (κ3) is 7.92. The molecule has 0 aliphatic carbocycles. The van der Waals surface area contributed by atoms with Crippen LogP contribution in [0.25, 0.3) is 0 Å². The number of benzene rings is 1. The van der Waals surface area contributed by atoms with Gasteiger partial charge in [-0.05, 0) is 24.8 Å². The molecule has 0 aliphatic heterocycles. The zero-order valence-electron chi connectivity index (χ0n) is 11.2. The zero-order chi connectivity index (χ0) is 13.8. The van der Waals surface area contributed by atoms with Crippen LogP contribution in [-0.4, -0.2) is 48.4 Å². The van der Waals surface area contributed by atoms with E-state index in [4.69, 9.17) is 19.9 Å². The monoisotopic (exact) mass is 269 g/mol. The van der Waals surface area contributed by atoms with Crippen molar-refractivity contribution in [2.45, 2.75) is 19.3 Å². The smallest absolute Gasteiger partial charge is 0.0733 e. The Balaban J connectivity index is 2.30. The van der Waals surface area contributed by atoms with Crippen LogP contribution in [0.4, 0.5) is 0 Å². The van der Waals surface area contributed by atoms with Gasteiger partial charge in [0, 0.05) is 13.2 Å². The van der Waals surface area contributed by atoms with E-state index in [1.54, 1.807) is 0 Å². The molecule has 0 amide bonds. The van der Waals surface area contributed by atoms with Crippen LogP contribution in [0.3, 0.4) is 0 Å². The van der Waals surface area contributed by atoms with Crippen molar-refractivity contribution in [1.82, 2.24) is 5.23 Å². The fraction of sp³-hybridized carbons (Fsp3) is 0.571. The standard InChI is InChI=1S/C14H23NO4/c16-10-4-12-18-15(19-13-5-11-17)9-8-14-6-2-1-3-7-14/h1-3,6-7,16-17H,4-5,8-13H2. The maximum Gasteiger partial charge on any atom is 0.0733 e. The number of aliphatic hydroxyl groups is 2. The van der Waals surface area contributed by atoms with E-state index in [9.17, 15) is 0 Å². The van der Waals surface area contributed by atoms with Crippen LogP contribution in [-0.2, 0) is 16.1 Å². The summed E-state index contributed by atoms with van der Waals surface area (Å²) in [7, 11) is 0. The minimum atomic E-state index is 0.100. The highest BCUT2D eigenvalue weighted by Gasteiger charge is 2.06. The average molecular weight is 269 g/mol. The fourth-order valence-electron chi connectivity index (χ4n) is 1.49. The summed E-state index contributed by atoms with van der Waals surface area (Å²) in [5.41, 5.74) is 1.21. The molecule has 0 radical (unpaired) electrons. The lowest BCUT2D eigenvalue weighted by Crippen LogP contribution is -2.28. The third-order valence-electron chi connectivity index (χ3n) is 2.50. The summed E-state index contributed by atoms with van der Waals surface area (Å²) in [6.07, 6.45) is 1.97. The molecular formula is C14H23NO4. The Hall–Kier alpha value is -0.980. The Bertz CT molecular complexity index is 298. The summed E-state index contributed by atoms with van der Waals surface area (Å²) < 4.78 is 0. The average Bonchev–Trinajstić information content (AvgIpc) is 2.45. The summed E-state index contributed by atoms with van der Waals surface area (Å²) in [5, 5.41) is 18.9. The lowest BCUT2D eigenvalue weighted by Gasteiger charge is -2.20. The quantitative estimate of drug-likeness (QED) is 0.466. The fourth-order valence-corrected chi connectivity index (χ4v) is 1.49. The maximum atomic E-state index is 8.73. The highest BCUT2D eigenvalue weighted by atomic mass is 16.9. The minimum Gasteiger partial charge on any atom is -0.396 e. The molecule has 0 fully saturated rings. The van der Waals surface area contributed by atoms with Gasteiger partial charge in [0.1, 0.15) is 0 Å². The Morgan fingerprint density at radius 2 is 1.47 bits per heavy atom. The first-order chi connectivity index (χ1) is 9.36. The molecule has 0 aromatic heterocycles. The van der Waals surface area contributed by atoms with Gasteiger partial charge in [-0.15, -0.1) is 0 Å². The van der Waals surface area contributed by atoms with Gasteiger partial charge in [-0.1, -0.05) is 35.6 Å². The molecule has 0 unspecified atom stereocenters. The maximum absolute atomic E-state index is 8.73. The lowest BCUT2D eigenvalue weighted by atomic mass is 10.2. The summed E-state index contributed by atoms with van der Waals surface area (Å²) in [4.78, 5) is 10.8. The first kappa shape index (κ1) is 16.1. The van der Waals surface area contributed by atoms with E-state index in [1.807, 2.05) is 18.2 Å². The molecule has 0 saturated heterocycles. The van der Waals surface area contributed by atoms with Crippen LogP contribution in [0.15, 0.2) is 30.3 Å². The van der Waals surface area contributed by atoms with Gasteiger partial charge in [-0.2, -0.15) is 0 Å². The Morgan fingerprint density at radius 3 is 2.00 bits per heavy atom. The van der Waals surface area contributed by atoms with Crippen LogP contribution in [0, 0.1) is 0 Å². The summed E-state index contributed by atoms with van der Waals surface area (Å²) in [5.74, 6) is 0. The van der Waals surface area contributed by atoms with Gasteiger partial charge >= 0.3 is 0 Å². The zero-order valence-corrected chi connectivity index (χ0v) is 11.2. The molecule has 0 aliphatic rings. The van der Waals surface area contributed by atoms with Gasteiger partial charge in [0.05, 0.1) is 19.8 Å². The Morgan fingerprint density at radius 1 is 0.895 bits per heavy atom. The lowest BCUT2D eigenvalue weighted by molar-refractivity contribution is -0.368. The molecule has 5 heteroatoms. The SMILES string of the molecule is OCCCON(CCc1ccccc1)OCCCO. The normalized spacial score (nSPS) is 11.1. The van der Waals surface area contributed by atoms with E-state index in [2.05, 4.69) is 12.1 Å². The molecule has 0 heterocycles. The van der Waals surface area contributed by atoms with Crippen molar-refractivity contribution < 1.29 is 19.9 Å². The van der Waals surface area contributed by atoms with Gasteiger partial charge < -0.3 is 10.2 Å². The number of rotatable bonds is 11. The first-order valence-electron chi connectivity index (χ1n) is 6.66. The van der Waals surface area contributed by atoms with E-state index in [-0.39, 0.29) is 13.2 Å².